The molecule has 172 valence electrons. The molecule has 1 aliphatic heterocycles. The summed E-state index contributed by atoms with van der Waals surface area (Å²) in [5.74, 6) is -2.29. The lowest BCUT2D eigenvalue weighted by molar-refractivity contribution is -0.118. The van der Waals surface area contributed by atoms with Gasteiger partial charge in [0.15, 0.2) is 6.61 Å². The van der Waals surface area contributed by atoms with E-state index >= 15 is 0 Å². The molecule has 3 aromatic carbocycles. The van der Waals surface area contributed by atoms with Gasteiger partial charge in [0.25, 0.3) is 5.91 Å². The van der Waals surface area contributed by atoms with Crippen LogP contribution in [0.3, 0.4) is 0 Å². The van der Waals surface area contributed by atoms with Crippen LogP contribution in [0.2, 0.25) is 5.02 Å². The smallest absolute Gasteiger partial charge is 0.262 e. The molecule has 1 aliphatic rings. The number of hydrogen-bond acceptors (Lipinski definition) is 4. The SMILES string of the molecule is O=C(COc1ccc(S(=O)(=O)N2CCc3ccccc3C2)cc1Cl)Nc1ccc(F)cc1F. The van der Waals surface area contributed by atoms with E-state index in [2.05, 4.69) is 5.32 Å². The van der Waals surface area contributed by atoms with E-state index in [0.717, 1.165) is 23.3 Å². The van der Waals surface area contributed by atoms with Gasteiger partial charge in [0.05, 0.1) is 15.6 Å². The van der Waals surface area contributed by atoms with E-state index in [0.29, 0.717) is 19.0 Å². The average molecular weight is 493 g/mol. The molecule has 1 N–H and O–H groups in total. The highest BCUT2D eigenvalue weighted by molar-refractivity contribution is 7.89. The van der Waals surface area contributed by atoms with Crippen molar-refractivity contribution >= 4 is 33.2 Å². The number of amides is 1. The molecule has 0 aliphatic carbocycles. The molecule has 1 heterocycles. The van der Waals surface area contributed by atoms with Crippen LogP contribution in [0, 0.1) is 11.6 Å². The first-order chi connectivity index (χ1) is 15.7. The van der Waals surface area contributed by atoms with Gasteiger partial charge < -0.3 is 10.1 Å². The quantitative estimate of drug-likeness (QED) is 0.554. The second-order valence-electron chi connectivity index (χ2n) is 7.41. The highest BCUT2D eigenvalue weighted by Gasteiger charge is 2.28. The number of fused-ring (bicyclic) bond motifs is 1. The summed E-state index contributed by atoms with van der Waals surface area (Å²) in [5, 5.41) is 2.27. The van der Waals surface area contributed by atoms with Gasteiger partial charge in [0.2, 0.25) is 10.0 Å². The number of nitrogens with one attached hydrogen (secondary N) is 1. The van der Waals surface area contributed by atoms with Crippen LogP contribution >= 0.6 is 11.6 Å². The van der Waals surface area contributed by atoms with Crippen molar-refractivity contribution in [3.63, 3.8) is 0 Å². The zero-order valence-corrected chi connectivity index (χ0v) is 18.8. The monoisotopic (exact) mass is 492 g/mol. The number of benzene rings is 3. The van der Waals surface area contributed by atoms with Crippen LogP contribution in [-0.4, -0.2) is 31.8 Å². The summed E-state index contributed by atoms with van der Waals surface area (Å²) >= 11 is 6.20. The van der Waals surface area contributed by atoms with Crippen molar-refractivity contribution in [1.29, 1.82) is 0 Å². The zero-order valence-electron chi connectivity index (χ0n) is 17.2. The Labute approximate surface area is 194 Å². The van der Waals surface area contributed by atoms with Crippen molar-refractivity contribution in [3.05, 3.63) is 88.4 Å². The van der Waals surface area contributed by atoms with Crippen molar-refractivity contribution in [2.75, 3.05) is 18.5 Å². The summed E-state index contributed by atoms with van der Waals surface area (Å²) in [6, 6.07) is 14.4. The van der Waals surface area contributed by atoms with Crippen molar-refractivity contribution < 1.29 is 26.7 Å². The predicted octanol–water partition coefficient (Wildman–Crippen LogP) is 4.38. The number of ether oxygens (including phenoxy) is 1. The van der Waals surface area contributed by atoms with Gasteiger partial charge in [0, 0.05) is 19.2 Å². The number of halogens is 3. The average Bonchev–Trinajstić information content (AvgIpc) is 2.79. The number of rotatable bonds is 6. The van der Waals surface area contributed by atoms with E-state index in [1.807, 2.05) is 24.3 Å². The van der Waals surface area contributed by atoms with Crippen LogP contribution < -0.4 is 10.1 Å². The molecule has 1 amide bonds. The molecule has 3 aromatic rings. The number of nitrogens with zero attached hydrogens (tertiary/aromatic N) is 1. The van der Waals surface area contributed by atoms with E-state index in [4.69, 9.17) is 16.3 Å². The molecule has 4 rings (SSSR count). The lowest BCUT2D eigenvalue weighted by Gasteiger charge is -2.28. The molecular weight excluding hydrogens is 474 g/mol. The number of hydrogen-bond donors (Lipinski definition) is 1. The summed E-state index contributed by atoms with van der Waals surface area (Å²) in [4.78, 5) is 12.0. The summed E-state index contributed by atoms with van der Waals surface area (Å²) in [6.45, 7) is 0.120. The predicted molar refractivity (Wildman–Crippen MR) is 120 cm³/mol. The van der Waals surface area contributed by atoms with Crippen molar-refractivity contribution in [3.8, 4) is 5.75 Å². The maximum absolute atomic E-state index is 13.7. The highest BCUT2D eigenvalue weighted by Crippen LogP contribution is 2.31. The van der Waals surface area contributed by atoms with Crippen molar-refractivity contribution in [2.45, 2.75) is 17.9 Å². The minimum atomic E-state index is -3.78. The van der Waals surface area contributed by atoms with E-state index in [-0.39, 0.29) is 27.9 Å². The van der Waals surface area contributed by atoms with Crippen molar-refractivity contribution in [2.24, 2.45) is 0 Å². The molecule has 0 bridgehead atoms. The number of sulfonamides is 1. The van der Waals surface area contributed by atoms with Gasteiger partial charge in [-0.05, 0) is 47.9 Å². The lowest BCUT2D eigenvalue weighted by atomic mass is 10.0. The fourth-order valence-electron chi connectivity index (χ4n) is 3.50. The molecule has 0 fully saturated rings. The Kier molecular flexibility index (Phi) is 6.64. The second-order valence-corrected chi connectivity index (χ2v) is 9.76. The third-order valence-corrected chi connectivity index (χ3v) is 7.34. The first kappa shape index (κ1) is 23.2. The topological polar surface area (TPSA) is 75.7 Å². The molecule has 0 radical (unpaired) electrons. The second kappa shape index (κ2) is 9.46. The van der Waals surface area contributed by atoms with E-state index in [1.54, 1.807) is 0 Å². The Balaban J connectivity index is 1.42. The molecule has 33 heavy (non-hydrogen) atoms. The van der Waals surface area contributed by atoms with Crippen LogP contribution in [0.1, 0.15) is 11.1 Å². The Bertz CT molecular complexity index is 1320. The van der Waals surface area contributed by atoms with E-state index < -0.39 is 34.2 Å². The molecular formula is C23H19ClF2N2O4S. The van der Waals surface area contributed by atoms with Gasteiger partial charge in [-0.2, -0.15) is 4.31 Å². The third-order valence-electron chi connectivity index (χ3n) is 5.20. The third kappa shape index (κ3) is 5.16. The maximum Gasteiger partial charge on any atom is 0.262 e. The first-order valence-electron chi connectivity index (χ1n) is 9.98. The largest absolute Gasteiger partial charge is 0.482 e. The van der Waals surface area contributed by atoms with Crippen LogP contribution in [0.4, 0.5) is 14.5 Å². The summed E-state index contributed by atoms with van der Waals surface area (Å²) < 4.78 is 59.5. The van der Waals surface area contributed by atoms with Crippen LogP contribution in [-0.2, 0) is 27.8 Å². The van der Waals surface area contributed by atoms with Gasteiger partial charge in [-0.25, -0.2) is 17.2 Å². The standard InChI is InChI=1S/C23H19ClF2N2O4S/c24-19-12-18(33(30,31)28-10-9-15-3-1-2-4-16(15)13-28)6-8-22(19)32-14-23(29)27-21-7-5-17(25)11-20(21)26/h1-8,11-12H,9-10,13-14H2,(H,27,29). The zero-order chi connectivity index (χ0) is 23.6. The normalized spacial score (nSPS) is 13.9. The number of anilines is 1. The molecule has 0 saturated heterocycles. The van der Waals surface area contributed by atoms with Crippen LogP contribution in [0.25, 0.3) is 0 Å². The fourth-order valence-corrected chi connectivity index (χ4v) is 5.25. The van der Waals surface area contributed by atoms with Crippen LogP contribution in [0.5, 0.6) is 5.75 Å². The van der Waals surface area contributed by atoms with Gasteiger partial charge in [-0.15, -0.1) is 0 Å². The fraction of sp³-hybridized carbons (Fsp3) is 0.174. The first-order valence-corrected chi connectivity index (χ1v) is 11.8. The van der Waals surface area contributed by atoms with Crippen molar-refractivity contribution in [1.82, 2.24) is 4.31 Å². The molecule has 0 saturated carbocycles. The van der Waals surface area contributed by atoms with Crippen LogP contribution in [0.15, 0.2) is 65.6 Å². The number of carbonyl (C=O) groups is 1. The molecule has 0 unspecified atom stereocenters. The molecule has 0 spiro atoms. The van der Waals surface area contributed by atoms with Gasteiger partial charge in [-0.3, -0.25) is 4.79 Å². The molecule has 0 aromatic heterocycles. The Morgan fingerprint density at radius 3 is 2.55 bits per heavy atom. The Hall–Kier alpha value is -3.01. The Morgan fingerprint density at radius 2 is 1.82 bits per heavy atom. The summed E-state index contributed by atoms with van der Waals surface area (Å²) in [7, 11) is -3.78. The Morgan fingerprint density at radius 1 is 1.06 bits per heavy atom. The summed E-state index contributed by atoms with van der Waals surface area (Å²) in [5.41, 5.74) is 1.90. The van der Waals surface area contributed by atoms with Gasteiger partial charge in [0.1, 0.15) is 17.4 Å². The minimum absolute atomic E-state index is 0.00856. The maximum atomic E-state index is 13.7. The molecule has 10 heteroatoms. The molecule has 6 nitrogen and oxygen atoms in total. The lowest BCUT2D eigenvalue weighted by Crippen LogP contribution is -2.35. The minimum Gasteiger partial charge on any atom is -0.482 e. The summed E-state index contributed by atoms with van der Waals surface area (Å²) in [6.07, 6.45) is 0.619. The van der Waals surface area contributed by atoms with Gasteiger partial charge >= 0.3 is 0 Å². The highest BCUT2D eigenvalue weighted by atomic mass is 35.5. The molecule has 0 atom stereocenters. The number of carbonyl (C=O) groups excluding carboxylic acids is 1. The van der Waals surface area contributed by atoms with E-state index in [9.17, 15) is 22.0 Å². The van der Waals surface area contributed by atoms with Gasteiger partial charge in [-0.1, -0.05) is 35.9 Å². The van der Waals surface area contributed by atoms with E-state index in [1.165, 1.54) is 22.5 Å².